The first-order valence-corrected chi connectivity index (χ1v) is 9.00. The van der Waals surface area contributed by atoms with Crippen molar-refractivity contribution >= 4 is 22.4 Å². The van der Waals surface area contributed by atoms with Crippen molar-refractivity contribution in [1.82, 2.24) is 10.2 Å². The fourth-order valence-corrected chi connectivity index (χ4v) is 3.15. The van der Waals surface area contributed by atoms with Crippen LogP contribution in [-0.2, 0) is 11.2 Å². The molecule has 1 amide bonds. The van der Waals surface area contributed by atoms with E-state index in [4.69, 9.17) is 14.2 Å². The summed E-state index contributed by atoms with van der Waals surface area (Å²) in [6, 6.07) is 14.8. The number of hydrogen-bond acceptors (Lipinski definition) is 7. The van der Waals surface area contributed by atoms with E-state index in [1.807, 2.05) is 36.4 Å². The van der Waals surface area contributed by atoms with Gasteiger partial charge in [-0.15, -0.1) is 10.2 Å². The molecule has 0 fully saturated rings. The molecule has 0 saturated carbocycles. The minimum Gasteiger partial charge on any atom is -0.493 e. The number of aromatic nitrogens is 2. The van der Waals surface area contributed by atoms with E-state index in [0.717, 1.165) is 10.6 Å². The van der Waals surface area contributed by atoms with Crippen LogP contribution in [0.4, 0.5) is 5.13 Å². The number of carbonyl (C=O) groups excluding carboxylic acids is 1. The van der Waals surface area contributed by atoms with Crippen LogP contribution in [0.3, 0.4) is 0 Å². The molecule has 8 heteroatoms. The van der Waals surface area contributed by atoms with Gasteiger partial charge in [-0.3, -0.25) is 10.1 Å². The molecule has 3 aromatic rings. The average Bonchev–Trinajstić information content (AvgIpc) is 3.13. The Morgan fingerprint density at radius 3 is 2.56 bits per heavy atom. The third-order valence-corrected chi connectivity index (χ3v) is 4.47. The Labute approximate surface area is 160 Å². The van der Waals surface area contributed by atoms with Gasteiger partial charge in [0.1, 0.15) is 10.8 Å². The van der Waals surface area contributed by atoms with Crippen molar-refractivity contribution < 1.29 is 19.0 Å². The smallest absolute Gasteiger partial charge is 0.264 e. The van der Waals surface area contributed by atoms with E-state index in [1.54, 1.807) is 26.4 Å². The summed E-state index contributed by atoms with van der Waals surface area (Å²) in [7, 11) is 3.19. The monoisotopic (exact) mass is 385 g/mol. The van der Waals surface area contributed by atoms with Gasteiger partial charge in [0.25, 0.3) is 5.91 Å². The molecule has 3 rings (SSSR count). The maximum atomic E-state index is 12.0. The number of amides is 1. The second-order valence-corrected chi connectivity index (χ2v) is 6.58. The van der Waals surface area contributed by atoms with Crippen molar-refractivity contribution in [3.63, 3.8) is 0 Å². The maximum absolute atomic E-state index is 12.0. The molecule has 0 aliphatic rings. The van der Waals surface area contributed by atoms with Crippen molar-refractivity contribution in [1.29, 1.82) is 0 Å². The van der Waals surface area contributed by atoms with Crippen LogP contribution in [0.25, 0.3) is 0 Å². The third kappa shape index (κ3) is 5.18. The Morgan fingerprint density at radius 1 is 1.04 bits per heavy atom. The van der Waals surface area contributed by atoms with Crippen LogP contribution in [-0.4, -0.2) is 36.9 Å². The Kier molecular flexibility index (Phi) is 6.22. The van der Waals surface area contributed by atoms with Crippen LogP contribution in [0.15, 0.2) is 48.5 Å². The first kappa shape index (κ1) is 18.7. The SMILES string of the molecule is COc1ccc(Cc2nnc(NC(=O)COc3ccccc3)s2)cc1OC. The summed E-state index contributed by atoms with van der Waals surface area (Å²) in [5.74, 6) is 1.68. The van der Waals surface area contributed by atoms with E-state index in [-0.39, 0.29) is 12.5 Å². The van der Waals surface area contributed by atoms with E-state index in [9.17, 15) is 4.79 Å². The first-order chi connectivity index (χ1) is 13.2. The molecule has 0 aliphatic carbocycles. The molecule has 0 spiro atoms. The molecule has 0 bridgehead atoms. The largest absolute Gasteiger partial charge is 0.493 e. The lowest BCUT2D eigenvalue weighted by molar-refractivity contribution is -0.118. The summed E-state index contributed by atoms with van der Waals surface area (Å²) in [4.78, 5) is 12.0. The number of ether oxygens (including phenoxy) is 3. The van der Waals surface area contributed by atoms with Crippen molar-refractivity contribution in [3.05, 3.63) is 59.1 Å². The maximum Gasteiger partial charge on any atom is 0.264 e. The summed E-state index contributed by atoms with van der Waals surface area (Å²) in [5.41, 5.74) is 1.01. The molecule has 1 aromatic heterocycles. The predicted octanol–water partition coefficient (Wildman–Crippen LogP) is 3.16. The van der Waals surface area contributed by atoms with Crippen molar-refractivity contribution in [2.45, 2.75) is 6.42 Å². The number of para-hydroxylation sites is 1. The van der Waals surface area contributed by atoms with Crippen molar-refractivity contribution in [2.75, 3.05) is 26.1 Å². The molecule has 0 atom stereocenters. The van der Waals surface area contributed by atoms with Crippen molar-refractivity contribution in [2.24, 2.45) is 0 Å². The van der Waals surface area contributed by atoms with E-state index in [1.165, 1.54) is 11.3 Å². The molecular formula is C19H19N3O4S. The Morgan fingerprint density at radius 2 is 1.81 bits per heavy atom. The topological polar surface area (TPSA) is 82.6 Å². The van der Waals surface area contributed by atoms with Crippen LogP contribution >= 0.6 is 11.3 Å². The zero-order valence-electron chi connectivity index (χ0n) is 15.0. The molecular weight excluding hydrogens is 366 g/mol. The molecule has 1 N–H and O–H groups in total. The Hall–Kier alpha value is -3.13. The van der Waals surface area contributed by atoms with Gasteiger partial charge in [-0.1, -0.05) is 35.6 Å². The highest BCUT2D eigenvalue weighted by atomic mass is 32.1. The number of hydrogen-bond donors (Lipinski definition) is 1. The molecule has 27 heavy (non-hydrogen) atoms. The van der Waals surface area contributed by atoms with Crippen LogP contribution in [0.2, 0.25) is 0 Å². The molecule has 0 aliphatic heterocycles. The minimum atomic E-state index is -0.285. The number of methoxy groups -OCH3 is 2. The van der Waals surface area contributed by atoms with Crippen LogP contribution < -0.4 is 19.5 Å². The molecule has 2 aromatic carbocycles. The summed E-state index contributed by atoms with van der Waals surface area (Å²) in [6.07, 6.45) is 0.578. The number of benzene rings is 2. The number of carbonyl (C=O) groups is 1. The Balaban J connectivity index is 1.56. The average molecular weight is 385 g/mol. The van der Waals surface area contributed by atoms with Gasteiger partial charge in [-0.25, -0.2) is 0 Å². The van der Waals surface area contributed by atoms with Gasteiger partial charge in [0.15, 0.2) is 18.1 Å². The van der Waals surface area contributed by atoms with Crippen molar-refractivity contribution in [3.8, 4) is 17.2 Å². The van der Waals surface area contributed by atoms with Gasteiger partial charge in [0, 0.05) is 6.42 Å². The highest BCUT2D eigenvalue weighted by Gasteiger charge is 2.11. The zero-order chi connectivity index (χ0) is 19.1. The standard InChI is InChI=1S/C19H19N3O4S/c1-24-15-9-8-13(10-16(15)25-2)11-18-21-22-19(27-18)20-17(23)12-26-14-6-4-3-5-7-14/h3-10H,11-12H2,1-2H3,(H,20,22,23). The second kappa shape index (κ2) is 9.00. The highest BCUT2D eigenvalue weighted by Crippen LogP contribution is 2.29. The fourth-order valence-electron chi connectivity index (χ4n) is 2.36. The van der Waals surface area contributed by atoms with E-state index >= 15 is 0 Å². The molecule has 0 saturated heterocycles. The summed E-state index contributed by atoms with van der Waals surface area (Å²) in [6.45, 7) is -0.0887. The lowest BCUT2D eigenvalue weighted by Gasteiger charge is -2.08. The summed E-state index contributed by atoms with van der Waals surface area (Å²) >= 11 is 1.32. The lowest BCUT2D eigenvalue weighted by Crippen LogP contribution is -2.20. The van der Waals surface area contributed by atoms with E-state index < -0.39 is 0 Å². The molecule has 140 valence electrons. The molecule has 0 unspecified atom stereocenters. The minimum absolute atomic E-state index is 0.0887. The summed E-state index contributed by atoms with van der Waals surface area (Å²) < 4.78 is 16.0. The number of nitrogens with one attached hydrogen (secondary N) is 1. The van der Waals surface area contributed by atoms with Gasteiger partial charge in [-0.2, -0.15) is 0 Å². The van der Waals surface area contributed by atoms with Gasteiger partial charge in [0.05, 0.1) is 14.2 Å². The first-order valence-electron chi connectivity index (χ1n) is 8.19. The summed E-state index contributed by atoms with van der Waals surface area (Å²) in [5, 5.41) is 12.0. The lowest BCUT2D eigenvalue weighted by atomic mass is 10.1. The number of rotatable bonds is 8. The van der Waals surface area contributed by atoms with Gasteiger partial charge in [-0.05, 0) is 29.8 Å². The van der Waals surface area contributed by atoms with Gasteiger partial charge in [0.2, 0.25) is 5.13 Å². The van der Waals surface area contributed by atoms with Crippen LogP contribution in [0, 0.1) is 0 Å². The predicted molar refractivity (Wildman–Crippen MR) is 103 cm³/mol. The quantitative estimate of drug-likeness (QED) is 0.641. The van der Waals surface area contributed by atoms with Gasteiger partial charge < -0.3 is 14.2 Å². The van der Waals surface area contributed by atoms with Crippen LogP contribution in [0.1, 0.15) is 10.6 Å². The second-order valence-electron chi connectivity index (χ2n) is 5.52. The normalized spacial score (nSPS) is 10.3. The third-order valence-electron chi connectivity index (χ3n) is 3.63. The van der Waals surface area contributed by atoms with E-state index in [0.29, 0.717) is 28.8 Å². The van der Waals surface area contributed by atoms with Gasteiger partial charge >= 0.3 is 0 Å². The highest BCUT2D eigenvalue weighted by molar-refractivity contribution is 7.15. The molecule has 7 nitrogen and oxygen atoms in total. The number of anilines is 1. The zero-order valence-corrected chi connectivity index (χ0v) is 15.8. The van der Waals surface area contributed by atoms with Crippen LogP contribution in [0.5, 0.6) is 17.2 Å². The molecule has 0 radical (unpaired) electrons. The fraction of sp³-hybridized carbons (Fsp3) is 0.211. The number of nitrogens with zero attached hydrogens (tertiary/aromatic N) is 2. The Bertz CT molecular complexity index is 899. The molecule has 1 heterocycles. The van der Waals surface area contributed by atoms with E-state index in [2.05, 4.69) is 15.5 Å².